The summed E-state index contributed by atoms with van der Waals surface area (Å²) >= 11 is 0. The Morgan fingerprint density at radius 2 is 1.95 bits per heavy atom. The summed E-state index contributed by atoms with van der Waals surface area (Å²) in [7, 11) is 0. The van der Waals surface area contributed by atoms with Gasteiger partial charge in [0.25, 0.3) is 0 Å². The lowest BCUT2D eigenvalue weighted by atomic mass is 9.94. The van der Waals surface area contributed by atoms with Crippen molar-refractivity contribution in [3.05, 3.63) is 35.9 Å². The highest BCUT2D eigenvalue weighted by atomic mass is 16.6. The minimum absolute atomic E-state index is 0.150. The van der Waals surface area contributed by atoms with E-state index in [2.05, 4.69) is 13.8 Å². The number of benzene rings is 1. The molecule has 0 radical (unpaired) electrons. The van der Waals surface area contributed by atoms with Crippen LogP contribution in [0.1, 0.15) is 38.8 Å². The number of cyclic esters (lactones) is 1. The van der Waals surface area contributed by atoms with Crippen LogP contribution in [0, 0.1) is 11.8 Å². The predicted octanol–water partition coefficient (Wildman–Crippen LogP) is 3.39. The minimum Gasteiger partial charge on any atom is -0.446 e. The van der Waals surface area contributed by atoms with Crippen LogP contribution in [-0.4, -0.2) is 23.5 Å². The molecule has 0 aliphatic carbocycles. The van der Waals surface area contributed by atoms with Gasteiger partial charge in [0.05, 0.1) is 0 Å². The van der Waals surface area contributed by atoms with Crippen LogP contribution in [0.3, 0.4) is 0 Å². The summed E-state index contributed by atoms with van der Waals surface area (Å²) in [4.78, 5) is 25.5. The average molecular weight is 275 g/mol. The molecule has 2 rings (SSSR count). The minimum atomic E-state index is -0.528. The Morgan fingerprint density at radius 1 is 1.30 bits per heavy atom. The molecule has 1 heterocycles. The standard InChI is InChI=1S/C16H21NO3/c1-11(2)12(3)9-15(18)17-14(10-20-16(17)19)13-7-5-4-6-8-13/h4-8,11-12,14H,9-10H2,1-3H3. The molecule has 1 aliphatic heterocycles. The fraction of sp³-hybridized carbons (Fsp3) is 0.500. The number of amides is 2. The van der Waals surface area contributed by atoms with Crippen molar-refractivity contribution in [2.24, 2.45) is 11.8 Å². The quantitative estimate of drug-likeness (QED) is 0.846. The molecular formula is C16H21NO3. The van der Waals surface area contributed by atoms with E-state index in [1.807, 2.05) is 37.3 Å². The van der Waals surface area contributed by atoms with Gasteiger partial charge in [-0.2, -0.15) is 0 Å². The summed E-state index contributed by atoms with van der Waals surface area (Å²) in [5.74, 6) is 0.502. The van der Waals surface area contributed by atoms with Gasteiger partial charge < -0.3 is 4.74 Å². The predicted molar refractivity (Wildman–Crippen MR) is 76.0 cm³/mol. The SMILES string of the molecule is CC(C)C(C)CC(=O)N1C(=O)OCC1c1ccccc1. The van der Waals surface area contributed by atoms with Gasteiger partial charge in [-0.3, -0.25) is 4.79 Å². The molecule has 1 aromatic carbocycles. The van der Waals surface area contributed by atoms with Gasteiger partial charge in [0, 0.05) is 6.42 Å². The number of carbonyl (C=O) groups excluding carboxylic acids is 2. The van der Waals surface area contributed by atoms with Crippen LogP contribution in [0.25, 0.3) is 0 Å². The van der Waals surface area contributed by atoms with Crippen molar-refractivity contribution in [2.75, 3.05) is 6.61 Å². The molecule has 20 heavy (non-hydrogen) atoms. The fourth-order valence-electron chi connectivity index (χ4n) is 2.23. The molecule has 4 heteroatoms. The van der Waals surface area contributed by atoms with Crippen molar-refractivity contribution in [3.8, 4) is 0 Å². The van der Waals surface area contributed by atoms with Gasteiger partial charge in [-0.05, 0) is 17.4 Å². The first-order valence-electron chi connectivity index (χ1n) is 7.04. The van der Waals surface area contributed by atoms with Crippen LogP contribution in [0.4, 0.5) is 4.79 Å². The van der Waals surface area contributed by atoms with Crippen molar-refractivity contribution >= 4 is 12.0 Å². The van der Waals surface area contributed by atoms with E-state index in [9.17, 15) is 9.59 Å². The molecule has 2 atom stereocenters. The number of carbonyl (C=O) groups is 2. The Hall–Kier alpha value is -1.84. The maximum absolute atomic E-state index is 12.4. The van der Waals surface area contributed by atoms with E-state index in [1.165, 1.54) is 4.90 Å². The van der Waals surface area contributed by atoms with E-state index in [1.54, 1.807) is 0 Å². The van der Waals surface area contributed by atoms with E-state index in [0.717, 1.165) is 5.56 Å². The highest BCUT2D eigenvalue weighted by molar-refractivity contribution is 5.93. The van der Waals surface area contributed by atoms with Gasteiger partial charge in [0.15, 0.2) is 0 Å². The summed E-state index contributed by atoms with van der Waals surface area (Å²) in [5.41, 5.74) is 0.934. The number of imide groups is 1. The van der Waals surface area contributed by atoms with E-state index in [0.29, 0.717) is 12.3 Å². The molecule has 1 fully saturated rings. The summed E-state index contributed by atoms with van der Waals surface area (Å²) in [6.45, 7) is 6.43. The van der Waals surface area contributed by atoms with Crippen LogP contribution < -0.4 is 0 Å². The number of hydrogen-bond donors (Lipinski definition) is 0. The molecule has 0 aromatic heterocycles. The average Bonchev–Trinajstić information content (AvgIpc) is 2.81. The van der Waals surface area contributed by atoms with E-state index < -0.39 is 6.09 Å². The molecule has 0 N–H and O–H groups in total. The van der Waals surface area contributed by atoms with Gasteiger partial charge in [-0.1, -0.05) is 51.1 Å². The normalized spacial score (nSPS) is 20.1. The zero-order valence-electron chi connectivity index (χ0n) is 12.2. The summed E-state index contributed by atoms with van der Waals surface area (Å²) in [6.07, 6.45) is -0.157. The first kappa shape index (κ1) is 14.6. The Labute approximate surface area is 119 Å². The highest BCUT2D eigenvalue weighted by Gasteiger charge is 2.39. The lowest BCUT2D eigenvalue weighted by Crippen LogP contribution is -2.35. The maximum atomic E-state index is 12.4. The van der Waals surface area contributed by atoms with E-state index in [4.69, 9.17) is 4.74 Å². The van der Waals surface area contributed by atoms with Crippen LogP contribution >= 0.6 is 0 Å². The molecule has 0 bridgehead atoms. The van der Waals surface area contributed by atoms with Gasteiger partial charge >= 0.3 is 6.09 Å². The summed E-state index contributed by atoms with van der Waals surface area (Å²) < 4.78 is 5.06. The molecule has 1 aliphatic rings. The molecule has 0 spiro atoms. The number of rotatable bonds is 4. The van der Waals surface area contributed by atoms with E-state index in [-0.39, 0.29) is 24.5 Å². The monoisotopic (exact) mass is 275 g/mol. The molecule has 108 valence electrons. The van der Waals surface area contributed by atoms with Gasteiger partial charge in [-0.15, -0.1) is 0 Å². The van der Waals surface area contributed by atoms with Crippen LogP contribution in [0.2, 0.25) is 0 Å². The van der Waals surface area contributed by atoms with Crippen LogP contribution in [0.5, 0.6) is 0 Å². The number of ether oxygens (including phenoxy) is 1. The van der Waals surface area contributed by atoms with E-state index >= 15 is 0 Å². The lowest BCUT2D eigenvalue weighted by molar-refractivity contribution is -0.130. The molecule has 2 amide bonds. The molecule has 1 aromatic rings. The summed E-state index contributed by atoms with van der Waals surface area (Å²) in [5, 5.41) is 0. The van der Waals surface area contributed by atoms with Gasteiger partial charge in [-0.25, -0.2) is 9.69 Å². The first-order valence-corrected chi connectivity index (χ1v) is 7.04. The first-order chi connectivity index (χ1) is 9.50. The second-order valence-electron chi connectivity index (χ2n) is 5.69. The van der Waals surface area contributed by atoms with Crippen LogP contribution in [0.15, 0.2) is 30.3 Å². The third-order valence-electron chi connectivity index (χ3n) is 3.96. The van der Waals surface area contributed by atoms with Gasteiger partial charge in [0.2, 0.25) is 5.91 Å². The smallest absolute Gasteiger partial charge is 0.417 e. The molecular weight excluding hydrogens is 254 g/mol. The topological polar surface area (TPSA) is 46.6 Å². The Kier molecular flexibility index (Phi) is 4.42. The number of hydrogen-bond acceptors (Lipinski definition) is 3. The Morgan fingerprint density at radius 3 is 2.55 bits per heavy atom. The second-order valence-corrected chi connectivity index (χ2v) is 5.69. The lowest BCUT2D eigenvalue weighted by Gasteiger charge is -2.22. The van der Waals surface area contributed by atoms with Crippen molar-refractivity contribution in [3.63, 3.8) is 0 Å². The summed E-state index contributed by atoms with van der Waals surface area (Å²) in [6, 6.07) is 9.25. The Balaban J connectivity index is 2.15. The second kappa shape index (κ2) is 6.07. The zero-order chi connectivity index (χ0) is 14.7. The number of nitrogens with zero attached hydrogens (tertiary/aromatic N) is 1. The Bertz CT molecular complexity index is 484. The van der Waals surface area contributed by atoms with Crippen molar-refractivity contribution in [2.45, 2.75) is 33.2 Å². The van der Waals surface area contributed by atoms with Gasteiger partial charge in [0.1, 0.15) is 12.6 Å². The largest absolute Gasteiger partial charge is 0.446 e. The molecule has 0 saturated carbocycles. The zero-order valence-corrected chi connectivity index (χ0v) is 12.2. The molecule has 2 unspecified atom stereocenters. The fourth-order valence-corrected chi connectivity index (χ4v) is 2.23. The van der Waals surface area contributed by atoms with Crippen molar-refractivity contribution in [1.29, 1.82) is 0 Å². The van der Waals surface area contributed by atoms with Crippen molar-refractivity contribution in [1.82, 2.24) is 4.90 Å². The van der Waals surface area contributed by atoms with Crippen LogP contribution in [-0.2, 0) is 9.53 Å². The molecule has 1 saturated heterocycles. The van der Waals surface area contributed by atoms with Crippen molar-refractivity contribution < 1.29 is 14.3 Å². The maximum Gasteiger partial charge on any atom is 0.417 e. The third-order valence-corrected chi connectivity index (χ3v) is 3.96. The third kappa shape index (κ3) is 3.00. The molecule has 4 nitrogen and oxygen atoms in total. The highest BCUT2D eigenvalue weighted by Crippen LogP contribution is 2.29.